The number of amides is 2. The Balaban J connectivity index is -0.000000334. The fourth-order valence-electron chi connectivity index (χ4n) is 1.80. The van der Waals surface area contributed by atoms with Gasteiger partial charge in [0.25, 0.3) is 0 Å². The summed E-state index contributed by atoms with van der Waals surface area (Å²) in [6.07, 6.45) is 0.0867. The molecule has 0 aromatic carbocycles. The molecule has 0 aliphatic carbocycles. The SMILES string of the molecule is CCN(CC)C(=O)CC(C)=O.CCN(CC)C(=O)CC(C)=O.[O]=[Mo]=[O]. The maximum atomic E-state index is 11.1. The average molecular weight is 442 g/mol. The number of carbonyl (C=O) groups is 4. The summed E-state index contributed by atoms with van der Waals surface area (Å²) in [5, 5.41) is 0. The zero-order chi connectivity index (χ0) is 20.4. The van der Waals surface area contributed by atoms with Crippen molar-refractivity contribution in [1.29, 1.82) is 0 Å². The van der Waals surface area contributed by atoms with E-state index in [-0.39, 0.29) is 36.2 Å². The molecule has 146 valence electrons. The van der Waals surface area contributed by atoms with E-state index in [0.717, 1.165) is 0 Å². The summed E-state index contributed by atoms with van der Waals surface area (Å²) >= 11 is -2.03. The van der Waals surface area contributed by atoms with Crippen LogP contribution >= 0.6 is 0 Å². The van der Waals surface area contributed by atoms with Gasteiger partial charge in [-0.05, 0) is 41.5 Å². The number of Topliss-reactive ketones (excluding diaryl/α,β-unsaturated/α-hetero) is 2. The molecule has 0 heterocycles. The molecule has 0 radical (unpaired) electrons. The summed E-state index contributed by atoms with van der Waals surface area (Å²) in [7, 11) is 0. The van der Waals surface area contributed by atoms with Gasteiger partial charge in [0, 0.05) is 26.2 Å². The van der Waals surface area contributed by atoms with E-state index in [1.165, 1.54) is 13.8 Å². The number of carbonyl (C=O) groups excluding carboxylic acids is 4. The molecular weight excluding hydrogens is 412 g/mol. The molecule has 2 amide bonds. The van der Waals surface area contributed by atoms with Crippen molar-refractivity contribution < 1.29 is 44.5 Å². The molecule has 0 aromatic rings. The van der Waals surface area contributed by atoms with Crippen LogP contribution in [0.4, 0.5) is 0 Å². The fourth-order valence-corrected chi connectivity index (χ4v) is 1.80. The predicted molar refractivity (Wildman–Crippen MR) is 87.8 cm³/mol. The van der Waals surface area contributed by atoms with Gasteiger partial charge < -0.3 is 9.80 Å². The summed E-state index contributed by atoms with van der Waals surface area (Å²) in [4.78, 5) is 46.6. The molecule has 0 N–H and O–H groups in total. The Labute approximate surface area is 158 Å². The number of rotatable bonds is 8. The van der Waals surface area contributed by atoms with Gasteiger partial charge in [0.05, 0.1) is 12.8 Å². The quantitative estimate of drug-likeness (QED) is 0.416. The van der Waals surface area contributed by atoms with E-state index in [1.807, 2.05) is 27.7 Å². The number of hydrogen-bond donors (Lipinski definition) is 0. The summed E-state index contributed by atoms with van der Waals surface area (Å²) < 4.78 is 17.0. The first-order valence-electron chi connectivity index (χ1n) is 8.10. The van der Waals surface area contributed by atoms with Crippen LogP contribution in [0.5, 0.6) is 0 Å². The molecule has 25 heavy (non-hydrogen) atoms. The third-order valence-electron chi connectivity index (χ3n) is 3.03. The molecule has 0 atom stereocenters. The average Bonchev–Trinajstić information content (AvgIpc) is 2.49. The van der Waals surface area contributed by atoms with E-state index in [4.69, 9.17) is 6.80 Å². The Kier molecular flexibility index (Phi) is 21.5. The third-order valence-corrected chi connectivity index (χ3v) is 3.03. The number of nitrogens with zero attached hydrogens (tertiary/aromatic N) is 2. The third kappa shape index (κ3) is 18.7. The van der Waals surface area contributed by atoms with Crippen LogP contribution in [0.1, 0.15) is 54.4 Å². The van der Waals surface area contributed by atoms with Crippen LogP contribution in [0.3, 0.4) is 0 Å². The van der Waals surface area contributed by atoms with Crippen LogP contribution in [0.15, 0.2) is 0 Å². The van der Waals surface area contributed by atoms with Crippen molar-refractivity contribution in [2.75, 3.05) is 26.2 Å². The van der Waals surface area contributed by atoms with Crippen molar-refractivity contribution in [3.05, 3.63) is 0 Å². The Bertz CT molecular complexity index is 418. The summed E-state index contributed by atoms with van der Waals surface area (Å²) in [6.45, 7) is 13.2. The number of ketones is 2. The van der Waals surface area contributed by atoms with E-state index in [9.17, 15) is 19.2 Å². The molecular formula is C16H30MoN2O6. The van der Waals surface area contributed by atoms with Crippen LogP contribution in [-0.2, 0) is 44.5 Å². The van der Waals surface area contributed by atoms with Crippen LogP contribution < -0.4 is 0 Å². The Hall–Kier alpha value is -1.43. The maximum absolute atomic E-state index is 11.1. The fraction of sp³-hybridized carbons (Fsp3) is 0.750. The van der Waals surface area contributed by atoms with Gasteiger partial charge in [-0.25, -0.2) is 0 Å². The number of hydrogen-bond acceptors (Lipinski definition) is 6. The monoisotopic (exact) mass is 444 g/mol. The van der Waals surface area contributed by atoms with E-state index in [0.29, 0.717) is 26.2 Å². The van der Waals surface area contributed by atoms with Crippen LogP contribution in [0.2, 0.25) is 0 Å². The molecule has 0 bridgehead atoms. The predicted octanol–water partition coefficient (Wildman–Crippen LogP) is 1.43. The molecule has 8 nitrogen and oxygen atoms in total. The molecule has 9 heteroatoms. The van der Waals surface area contributed by atoms with Crippen molar-refractivity contribution >= 4 is 23.4 Å². The molecule has 0 rings (SSSR count). The van der Waals surface area contributed by atoms with E-state index >= 15 is 0 Å². The first-order chi connectivity index (χ1) is 11.6. The van der Waals surface area contributed by atoms with Crippen molar-refractivity contribution in [2.45, 2.75) is 54.4 Å². The first kappa shape index (κ1) is 28.4. The van der Waals surface area contributed by atoms with Gasteiger partial charge in [0.15, 0.2) is 0 Å². The minimum absolute atomic E-state index is 0.0433. The second-order valence-electron chi connectivity index (χ2n) is 4.96. The molecule has 0 aliphatic rings. The molecule has 0 saturated heterocycles. The Morgan fingerprint density at radius 3 is 0.960 bits per heavy atom. The molecule has 0 spiro atoms. The van der Waals surface area contributed by atoms with Gasteiger partial charge >= 0.3 is 25.3 Å². The summed E-state index contributed by atoms with van der Waals surface area (Å²) in [5.41, 5.74) is 0. The van der Waals surface area contributed by atoms with Gasteiger partial charge in [-0.3, -0.25) is 19.2 Å². The van der Waals surface area contributed by atoms with Crippen LogP contribution in [0.25, 0.3) is 0 Å². The molecule has 0 unspecified atom stereocenters. The van der Waals surface area contributed by atoms with Crippen LogP contribution in [0, 0.1) is 0 Å². The Morgan fingerprint density at radius 2 is 0.840 bits per heavy atom. The zero-order valence-electron chi connectivity index (χ0n) is 16.0. The zero-order valence-corrected chi connectivity index (χ0v) is 18.0. The first-order valence-corrected chi connectivity index (χ1v) is 9.74. The van der Waals surface area contributed by atoms with Gasteiger partial charge in [-0.2, -0.15) is 0 Å². The standard InChI is InChI=1S/2C8H15NO2.Mo.2O/c2*1-4-9(5-2)8(11)6-7(3)10;;;/h2*4-6H2,1-3H3;;;. The van der Waals surface area contributed by atoms with Gasteiger partial charge in [0.2, 0.25) is 11.8 Å². The second-order valence-corrected chi connectivity index (χ2v) is 5.29. The normalized spacial score (nSPS) is 8.72. The van der Waals surface area contributed by atoms with Gasteiger partial charge in [0.1, 0.15) is 11.6 Å². The van der Waals surface area contributed by atoms with Gasteiger partial charge in [-0.15, -0.1) is 0 Å². The second kappa shape index (κ2) is 18.9. The van der Waals surface area contributed by atoms with Crippen LogP contribution in [-0.4, -0.2) is 59.4 Å². The van der Waals surface area contributed by atoms with Crippen molar-refractivity contribution in [2.24, 2.45) is 0 Å². The molecule has 0 aliphatic heterocycles. The molecule has 0 fully saturated rings. The molecule has 0 saturated carbocycles. The Morgan fingerprint density at radius 1 is 0.640 bits per heavy atom. The van der Waals surface area contributed by atoms with E-state index in [2.05, 4.69) is 0 Å². The summed E-state index contributed by atoms with van der Waals surface area (Å²) in [6, 6.07) is 0. The topological polar surface area (TPSA) is 109 Å². The van der Waals surface area contributed by atoms with Crippen molar-refractivity contribution in [3.63, 3.8) is 0 Å². The van der Waals surface area contributed by atoms with Gasteiger partial charge in [-0.1, -0.05) is 0 Å². The van der Waals surface area contributed by atoms with Crippen molar-refractivity contribution in [3.8, 4) is 0 Å². The van der Waals surface area contributed by atoms with Crippen molar-refractivity contribution in [1.82, 2.24) is 9.80 Å². The van der Waals surface area contributed by atoms with E-state index in [1.54, 1.807) is 9.80 Å². The van der Waals surface area contributed by atoms with E-state index < -0.39 is 18.5 Å². The molecule has 0 aromatic heterocycles. The minimum atomic E-state index is -2.03. The summed E-state index contributed by atoms with van der Waals surface area (Å²) in [5.74, 6) is -0.270.